The summed E-state index contributed by atoms with van der Waals surface area (Å²) < 4.78 is 0. The van der Waals surface area contributed by atoms with Crippen molar-refractivity contribution in [3.05, 3.63) is 24.3 Å². The van der Waals surface area contributed by atoms with Crippen LogP contribution in [0.2, 0.25) is 0 Å². The van der Waals surface area contributed by atoms with Crippen LogP contribution in [0.15, 0.2) is 24.3 Å². The summed E-state index contributed by atoms with van der Waals surface area (Å²) in [5.74, 6) is 4.19. The Hall–Kier alpha value is -0.890. The van der Waals surface area contributed by atoms with Crippen LogP contribution in [-0.4, -0.2) is 17.5 Å². The van der Waals surface area contributed by atoms with Gasteiger partial charge in [0.05, 0.1) is 0 Å². The first-order chi connectivity index (χ1) is 11.1. The fourth-order valence-electron chi connectivity index (χ4n) is 6.94. The number of rotatable bonds is 2. The number of ketones is 1. The van der Waals surface area contributed by atoms with E-state index in [0.29, 0.717) is 35.6 Å². The summed E-state index contributed by atoms with van der Waals surface area (Å²) in [6, 6.07) is 0. The van der Waals surface area contributed by atoms with Gasteiger partial charge in [0.1, 0.15) is 0 Å². The van der Waals surface area contributed by atoms with E-state index in [9.17, 15) is 9.90 Å². The molecule has 0 aromatic carbocycles. The van der Waals surface area contributed by atoms with Gasteiger partial charge in [-0.05, 0) is 85.5 Å². The van der Waals surface area contributed by atoms with E-state index in [1.807, 2.05) is 6.08 Å². The lowest BCUT2D eigenvalue weighted by Gasteiger charge is -2.56. The Balaban J connectivity index is 1.69. The molecule has 3 saturated carbocycles. The van der Waals surface area contributed by atoms with Crippen molar-refractivity contribution in [3.8, 4) is 0 Å². The van der Waals surface area contributed by atoms with Crippen molar-refractivity contribution in [3.63, 3.8) is 0 Å². The van der Waals surface area contributed by atoms with Crippen LogP contribution < -0.4 is 0 Å². The Bertz CT molecular complexity index is 548. The average molecular weight is 314 g/mol. The molecule has 4 aliphatic rings. The Morgan fingerprint density at radius 3 is 2.91 bits per heavy atom. The number of fused-ring (bicyclic) bond motifs is 5. The van der Waals surface area contributed by atoms with E-state index in [1.54, 1.807) is 0 Å². The minimum absolute atomic E-state index is 0.322. The first kappa shape index (κ1) is 15.6. The van der Waals surface area contributed by atoms with Crippen LogP contribution in [0.1, 0.15) is 51.9 Å². The van der Waals surface area contributed by atoms with Gasteiger partial charge in [-0.15, -0.1) is 6.58 Å². The van der Waals surface area contributed by atoms with Gasteiger partial charge >= 0.3 is 0 Å². The highest BCUT2D eigenvalue weighted by Gasteiger charge is 2.57. The second-order valence-corrected chi connectivity index (χ2v) is 8.78. The monoisotopic (exact) mass is 314 g/mol. The minimum atomic E-state index is 0.322. The van der Waals surface area contributed by atoms with Gasteiger partial charge in [0.25, 0.3) is 0 Å². The molecule has 0 spiro atoms. The van der Waals surface area contributed by atoms with Crippen molar-refractivity contribution in [2.75, 3.05) is 6.61 Å². The fraction of sp³-hybridized carbons (Fsp3) is 0.762. The number of aliphatic hydroxyl groups excluding tert-OH is 1. The maximum Gasteiger partial charge on any atom is 0.155 e. The van der Waals surface area contributed by atoms with Gasteiger partial charge in [0.15, 0.2) is 5.78 Å². The maximum absolute atomic E-state index is 11.9. The zero-order chi connectivity index (χ0) is 16.2. The molecule has 23 heavy (non-hydrogen) atoms. The van der Waals surface area contributed by atoms with Gasteiger partial charge in [0.2, 0.25) is 0 Å². The zero-order valence-electron chi connectivity index (χ0n) is 14.3. The number of carbonyl (C=O) groups excluding carboxylic acids is 1. The minimum Gasteiger partial charge on any atom is -0.396 e. The van der Waals surface area contributed by atoms with Gasteiger partial charge in [-0.1, -0.05) is 18.6 Å². The van der Waals surface area contributed by atoms with E-state index in [4.69, 9.17) is 0 Å². The second kappa shape index (κ2) is 5.58. The summed E-state index contributed by atoms with van der Waals surface area (Å²) >= 11 is 0. The summed E-state index contributed by atoms with van der Waals surface area (Å²) in [6.45, 7) is 6.94. The fourth-order valence-corrected chi connectivity index (χ4v) is 6.94. The van der Waals surface area contributed by atoms with Crippen LogP contribution >= 0.6 is 0 Å². The van der Waals surface area contributed by atoms with Crippen molar-refractivity contribution < 1.29 is 9.90 Å². The molecule has 2 heteroatoms. The molecule has 126 valence electrons. The highest BCUT2D eigenvalue weighted by molar-refractivity contribution is 5.91. The lowest BCUT2D eigenvalue weighted by atomic mass is 9.49. The second-order valence-electron chi connectivity index (χ2n) is 8.78. The summed E-state index contributed by atoms with van der Waals surface area (Å²) in [5, 5.41) is 9.84. The van der Waals surface area contributed by atoms with Crippen molar-refractivity contribution in [2.24, 2.45) is 40.9 Å². The van der Waals surface area contributed by atoms with Gasteiger partial charge < -0.3 is 5.11 Å². The van der Waals surface area contributed by atoms with Crippen LogP contribution in [0.4, 0.5) is 0 Å². The molecule has 4 rings (SSSR count). The van der Waals surface area contributed by atoms with E-state index >= 15 is 0 Å². The lowest BCUT2D eigenvalue weighted by molar-refractivity contribution is -0.116. The third-order valence-electron chi connectivity index (χ3n) is 8.11. The first-order valence-electron chi connectivity index (χ1n) is 9.55. The molecular formula is C21H30O2. The van der Waals surface area contributed by atoms with Gasteiger partial charge in [-0.2, -0.15) is 0 Å². The number of aliphatic hydroxyl groups is 1. The third-order valence-corrected chi connectivity index (χ3v) is 8.11. The van der Waals surface area contributed by atoms with E-state index in [0.717, 1.165) is 37.0 Å². The molecule has 7 atom stereocenters. The Morgan fingerprint density at radius 2 is 2.17 bits per heavy atom. The van der Waals surface area contributed by atoms with Crippen LogP contribution in [0.5, 0.6) is 0 Å². The molecule has 0 aliphatic heterocycles. The van der Waals surface area contributed by atoms with Gasteiger partial charge in [0, 0.05) is 13.0 Å². The van der Waals surface area contributed by atoms with E-state index < -0.39 is 0 Å². The summed E-state index contributed by atoms with van der Waals surface area (Å²) in [7, 11) is 0. The van der Waals surface area contributed by atoms with Crippen molar-refractivity contribution in [1.82, 2.24) is 0 Å². The molecule has 0 amide bonds. The predicted molar refractivity (Wildman–Crippen MR) is 91.7 cm³/mol. The highest BCUT2D eigenvalue weighted by Crippen LogP contribution is 2.64. The smallest absolute Gasteiger partial charge is 0.155 e. The van der Waals surface area contributed by atoms with Crippen molar-refractivity contribution in [1.29, 1.82) is 0 Å². The van der Waals surface area contributed by atoms with E-state index in [2.05, 4.69) is 19.6 Å². The lowest BCUT2D eigenvalue weighted by Crippen LogP contribution is -2.49. The van der Waals surface area contributed by atoms with Gasteiger partial charge in [-0.25, -0.2) is 0 Å². The molecule has 0 radical (unpaired) electrons. The average Bonchev–Trinajstić information content (AvgIpc) is 2.89. The van der Waals surface area contributed by atoms with Gasteiger partial charge in [-0.3, -0.25) is 4.79 Å². The third kappa shape index (κ3) is 2.21. The topological polar surface area (TPSA) is 37.3 Å². The Kier molecular flexibility index (Phi) is 3.79. The largest absolute Gasteiger partial charge is 0.396 e. The van der Waals surface area contributed by atoms with Crippen LogP contribution in [0.3, 0.4) is 0 Å². The van der Waals surface area contributed by atoms with Crippen molar-refractivity contribution >= 4 is 5.78 Å². The maximum atomic E-state index is 11.9. The molecule has 1 N–H and O–H groups in total. The Morgan fingerprint density at radius 1 is 1.35 bits per heavy atom. The number of hydrogen-bond acceptors (Lipinski definition) is 2. The van der Waals surface area contributed by atoms with E-state index in [-0.39, 0.29) is 0 Å². The summed E-state index contributed by atoms with van der Waals surface area (Å²) in [5.41, 5.74) is 1.75. The van der Waals surface area contributed by atoms with Crippen LogP contribution in [-0.2, 0) is 4.79 Å². The van der Waals surface area contributed by atoms with E-state index in [1.165, 1.54) is 31.3 Å². The normalized spacial score (nSPS) is 49.0. The first-order valence-corrected chi connectivity index (χ1v) is 9.55. The zero-order valence-corrected chi connectivity index (χ0v) is 14.3. The molecule has 4 aliphatic carbocycles. The number of hydrogen-bond donors (Lipinski definition) is 1. The quantitative estimate of drug-likeness (QED) is 0.778. The van der Waals surface area contributed by atoms with Crippen LogP contribution in [0, 0.1) is 40.9 Å². The molecule has 0 bridgehead atoms. The molecular weight excluding hydrogens is 284 g/mol. The van der Waals surface area contributed by atoms with Crippen molar-refractivity contribution in [2.45, 2.75) is 51.9 Å². The molecule has 0 unspecified atom stereocenters. The SMILES string of the molecule is C=C[C@@H]1CC2=CC(=O)CC[C@@H]2[C@H]2CC[C@]3(C)[C@H](CO)CC[C@@H]3[C@@H]21. The predicted octanol–water partition coefficient (Wildman–Crippen LogP) is 4.15. The summed E-state index contributed by atoms with van der Waals surface area (Å²) in [4.78, 5) is 11.9. The molecule has 0 aromatic rings. The number of carbonyl (C=O) groups is 1. The molecule has 0 heterocycles. The molecule has 3 fully saturated rings. The van der Waals surface area contributed by atoms with Crippen LogP contribution in [0.25, 0.3) is 0 Å². The highest BCUT2D eigenvalue weighted by atomic mass is 16.3. The molecule has 2 nitrogen and oxygen atoms in total. The Labute approximate surface area is 140 Å². The molecule has 0 saturated heterocycles. The number of allylic oxidation sites excluding steroid dienone is 2. The molecule has 0 aromatic heterocycles. The standard InChI is InChI=1S/C21H30O2/c1-3-13-10-14-11-16(23)5-6-17(14)18-8-9-21(2)15(12-22)4-7-19(21)20(13)18/h3,11,13,15,17-20,22H,1,4-10,12H2,2H3/t13-,15+,17+,18-,19-,20-,21-/m1/s1. The summed E-state index contributed by atoms with van der Waals surface area (Å²) in [6.07, 6.45) is 12.0.